The standard InChI is InChI=1S/C9H11ClFNO/c1-13-3-2-12-9-5-7(10)4-8(11)6-9/h4-6,12H,2-3H2,1H3. The Bertz CT molecular complexity index is 260. The van der Waals surface area contributed by atoms with Crippen molar-refractivity contribution in [2.24, 2.45) is 0 Å². The van der Waals surface area contributed by atoms with Gasteiger partial charge in [-0.25, -0.2) is 4.39 Å². The quantitative estimate of drug-likeness (QED) is 0.760. The van der Waals surface area contributed by atoms with Crippen LogP contribution in [0.15, 0.2) is 18.2 Å². The van der Waals surface area contributed by atoms with Crippen LogP contribution in [-0.4, -0.2) is 20.3 Å². The van der Waals surface area contributed by atoms with Crippen molar-refractivity contribution < 1.29 is 9.13 Å². The molecule has 72 valence electrons. The van der Waals surface area contributed by atoms with Crippen molar-refractivity contribution >= 4 is 17.3 Å². The molecule has 0 saturated heterocycles. The largest absolute Gasteiger partial charge is 0.383 e. The van der Waals surface area contributed by atoms with Crippen LogP contribution in [0.5, 0.6) is 0 Å². The van der Waals surface area contributed by atoms with Crippen molar-refractivity contribution in [3.8, 4) is 0 Å². The number of hydrogen-bond donors (Lipinski definition) is 1. The highest BCUT2D eigenvalue weighted by Crippen LogP contribution is 2.17. The van der Waals surface area contributed by atoms with Gasteiger partial charge < -0.3 is 10.1 Å². The van der Waals surface area contributed by atoms with E-state index >= 15 is 0 Å². The summed E-state index contributed by atoms with van der Waals surface area (Å²) in [6.07, 6.45) is 0. The highest BCUT2D eigenvalue weighted by atomic mass is 35.5. The van der Waals surface area contributed by atoms with E-state index in [-0.39, 0.29) is 5.82 Å². The molecule has 0 aliphatic heterocycles. The summed E-state index contributed by atoms with van der Waals surface area (Å²) in [7, 11) is 1.61. The molecule has 0 aliphatic rings. The van der Waals surface area contributed by atoms with Gasteiger partial charge in [-0.05, 0) is 18.2 Å². The van der Waals surface area contributed by atoms with Gasteiger partial charge in [-0.3, -0.25) is 0 Å². The predicted octanol–water partition coefficient (Wildman–Crippen LogP) is 2.54. The Kier molecular flexibility index (Phi) is 3.99. The zero-order valence-electron chi connectivity index (χ0n) is 7.31. The van der Waals surface area contributed by atoms with Crippen molar-refractivity contribution in [1.82, 2.24) is 0 Å². The summed E-state index contributed by atoms with van der Waals surface area (Å²) in [4.78, 5) is 0. The number of ether oxygens (including phenoxy) is 1. The maximum absolute atomic E-state index is 12.8. The Balaban J connectivity index is 2.56. The maximum Gasteiger partial charge on any atom is 0.126 e. The lowest BCUT2D eigenvalue weighted by molar-refractivity contribution is 0.211. The Morgan fingerprint density at radius 1 is 1.46 bits per heavy atom. The van der Waals surface area contributed by atoms with Gasteiger partial charge in [0.15, 0.2) is 0 Å². The van der Waals surface area contributed by atoms with Crippen LogP contribution in [0.2, 0.25) is 5.02 Å². The van der Waals surface area contributed by atoms with Crippen LogP contribution >= 0.6 is 11.6 Å². The number of halogens is 2. The second-order valence-electron chi connectivity index (χ2n) is 2.58. The molecule has 0 unspecified atom stereocenters. The highest BCUT2D eigenvalue weighted by molar-refractivity contribution is 6.30. The molecule has 13 heavy (non-hydrogen) atoms. The van der Waals surface area contributed by atoms with Crippen molar-refractivity contribution in [2.45, 2.75) is 0 Å². The van der Waals surface area contributed by atoms with Gasteiger partial charge >= 0.3 is 0 Å². The first kappa shape index (κ1) is 10.3. The first-order valence-corrected chi connectivity index (χ1v) is 4.29. The number of nitrogens with one attached hydrogen (secondary N) is 1. The van der Waals surface area contributed by atoms with E-state index in [1.54, 1.807) is 13.2 Å². The van der Waals surface area contributed by atoms with Crippen LogP contribution in [0.25, 0.3) is 0 Å². The fourth-order valence-corrected chi connectivity index (χ4v) is 1.18. The third kappa shape index (κ3) is 3.61. The molecule has 1 N–H and O–H groups in total. The first-order chi connectivity index (χ1) is 6.22. The molecule has 0 saturated carbocycles. The summed E-state index contributed by atoms with van der Waals surface area (Å²) in [5.74, 6) is -0.340. The molecule has 0 aliphatic carbocycles. The van der Waals surface area contributed by atoms with Gasteiger partial charge in [0.05, 0.1) is 6.61 Å². The average Bonchev–Trinajstić information content (AvgIpc) is 2.03. The van der Waals surface area contributed by atoms with Crippen molar-refractivity contribution in [3.05, 3.63) is 29.0 Å². The van der Waals surface area contributed by atoms with Crippen molar-refractivity contribution in [3.63, 3.8) is 0 Å². The monoisotopic (exact) mass is 203 g/mol. The van der Waals surface area contributed by atoms with Gasteiger partial charge in [0, 0.05) is 24.4 Å². The second kappa shape index (κ2) is 5.04. The molecular weight excluding hydrogens is 193 g/mol. The fourth-order valence-electron chi connectivity index (χ4n) is 0.953. The van der Waals surface area contributed by atoms with E-state index in [0.29, 0.717) is 23.9 Å². The van der Waals surface area contributed by atoms with E-state index in [4.69, 9.17) is 16.3 Å². The number of methoxy groups -OCH3 is 1. The molecular formula is C9H11ClFNO. The van der Waals surface area contributed by atoms with Crippen LogP contribution in [0, 0.1) is 5.82 Å². The van der Waals surface area contributed by atoms with E-state index in [0.717, 1.165) is 0 Å². The van der Waals surface area contributed by atoms with Gasteiger partial charge in [-0.15, -0.1) is 0 Å². The van der Waals surface area contributed by atoms with Gasteiger partial charge in [0.25, 0.3) is 0 Å². The van der Waals surface area contributed by atoms with E-state index in [2.05, 4.69) is 5.32 Å². The van der Waals surface area contributed by atoms with Crippen LogP contribution in [-0.2, 0) is 4.74 Å². The number of hydrogen-bond acceptors (Lipinski definition) is 2. The highest BCUT2D eigenvalue weighted by Gasteiger charge is 1.97. The molecule has 2 nitrogen and oxygen atoms in total. The molecule has 0 heterocycles. The number of rotatable bonds is 4. The molecule has 1 aromatic rings. The van der Waals surface area contributed by atoms with Gasteiger partial charge in [0.1, 0.15) is 5.82 Å². The Hall–Kier alpha value is -0.800. The van der Waals surface area contributed by atoms with Gasteiger partial charge in [0.2, 0.25) is 0 Å². The normalized spacial score (nSPS) is 10.1. The van der Waals surface area contributed by atoms with Crippen LogP contribution in [0.3, 0.4) is 0 Å². The molecule has 0 fully saturated rings. The van der Waals surface area contributed by atoms with Gasteiger partial charge in [-0.1, -0.05) is 11.6 Å². The molecule has 0 bridgehead atoms. The van der Waals surface area contributed by atoms with E-state index in [9.17, 15) is 4.39 Å². The van der Waals surface area contributed by atoms with Crippen molar-refractivity contribution in [1.29, 1.82) is 0 Å². The van der Waals surface area contributed by atoms with E-state index < -0.39 is 0 Å². The lowest BCUT2D eigenvalue weighted by atomic mass is 10.3. The minimum atomic E-state index is -0.340. The fraction of sp³-hybridized carbons (Fsp3) is 0.333. The third-order valence-electron chi connectivity index (χ3n) is 1.50. The minimum absolute atomic E-state index is 0.340. The molecule has 0 amide bonds. The zero-order valence-corrected chi connectivity index (χ0v) is 8.07. The van der Waals surface area contributed by atoms with E-state index in [1.807, 2.05) is 0 Å². The molecule has 0 aromatic heterocycles. The Morgan fingerprint density at radius 2 is 2.23 bits per heavy atom. The van der Waals surface area contributed by atoms with Gasteiger partial charge in [-0.2, -0.15) is 0 Å². The lowest BCUT2D eigenvalue weighted by Crippen LogP contribution is -2.07. The number of anilines is 1. The summed E-state index contributed by atoms with van der Waals surface area (Å²) >= 11 is 5.65. The summed E-state index contributed by atoms with van der Waals surface area (Å²) in [6, 6.07) is 4.32. The Morgan fingerprint density at radius 3 is 2.85 bits per heavy atom. The minimum Gasteiger partial charge on any atom is -0.383 e. The maximum atomic E-state index is 12.8. The molecule has 1 aromatic carbocycles. The van der Waals surface area contributed by atoms with E-state index in [1.165, 1.54) is 12.1 Å². The van der Waals surface area contributed by atoms with Crippen LogP contribution < -0.4 is 5.32 Å². The first-order valence-electron chi connectivity index (χ1n) is 3.91. The molecule has 0 spiro atoms. The molecule has 4 heteroatoms. The van der Waals surface area contributed by atoms with Crippen LogP contribution in [0.4, 0.5) is 10.1 Å². The summed E-state index contributed by atoms with van der Waals surface area (Å²) in [6.45, 7) is 1.21. The van der Waals surface area contributed by atoms with Crippen molar-refractivity contribution in [2.75, 3.05) is 25.6 Å². The molecule has 1 rings (SSSR count). The number of benzene rings is 1. The topological polar surface area (TPSA) is 21.3 Å². The zero-order chi connectivity index (χ0) is 9.68. The predicted molar refractivity (Wildman–Crippen MR) is 51.8 cm³/mol. The molecule has 0 radical (unpaired) electrons. The SMILES string of the molecule is COCCNc1cc(F)cc(Cl)c1. The Labute approximate surface area is 81.7 Å². The van der Waals surface area contributed by atoms with Crippen LogP contribution in [0.1, 0.15) is 0 Å². The third-order valence-corrected chi connectivity index (χ3v) is 1.72. The second-order valence-corrected chi connectivity index (χ2v) is 3.01. The summed E-state index contributed by atoms with van der Waals surface area (Å²) in [5.41, 5.74) is 0.669. The summed E-state index contributed by atoms with van der Waals surface area (Å²) < 4.78 is 17.6. The lowest BCUT2D eigenvalue weighted by Gasteiger charge is -2.05. The molecule has 0 atom stereocenters. The smallest absolute Gasteiger partial charge is 0.126 e. The average molecular weight is 204 g/mol. The summed E-state index contributed by atoms with van der Waals surface area (Å²) in [5, 5.41) is 3.37.